The number of halogens is 2. The van der Waals surface area contributed by atoms with Gasteiger partial charge in [0.05, 0.1) is 29.9 Å². The molecule has 3 aliphatic rings. The Bertz CT molecular complexity index is 1030. The van der Waals surface area contributed by atoms with E-state index in [0.717, 1.165) is 39.1 Å². The molecule has 1 aliphatic carbocycles. The van der Waals surface area contributed by atoms with Gasteiger partial charge < -0.3 is 9.64 Å². The average molecular weight is 470 g/mol. The summed E-state index contributed by atoms with van der Waals surface area (Å²) in [5.74, 6) is -0.473. The van der Waals surface area contributed by atoms with Crippen molar-refractivity contribution in [3.8, 4) is 0 Å². The molecular weight excluding hydrogens is 436 g/mol. The molecule has 4 atom stereocenters. The van der Waals surface area contributed by atoms with Crippen LogP contribution >= 0.6 is 0 Å². The molecule has 1 aromatic rings. The summed E-state index contributed by atoms with van der Waals surface area (Å²) in [6.07, 6.45) is 4.27. The van der Waals surface area contributed by atoms with E-state index in [9.17, 15) is 13.6 Å². The highest BCUT2D eigenvalue weighted by molar-refractivity contribution is 5.84. The predicted octanol–water partition coefficient (Wildman–Crippen LogP) is 6.00. The molecule has 0 N–H and O–H groups in total. The van der Waals surface area contributed by atoms with Gasteiger partial charge in [0.25, 0.3) is 0 Å². The van der Waals surface area contributed by atoms with Crippen LogP contribution in [0.25, 0.3) is 5.70 Å². The Kier molecular flexibility index (Phi) is 6.60. The molecule has 3 fully saturated rings. The number of allylic oxidation sites excluding steroid dienone is 2. The maximum absolute atomic E-state index is 14.5. The Morgan fingerprint density at radius 3 is 2.38 bits per heavy atom. The molecule has 34 heavy (non-hydrogen) atoms. The fourth-order valence-corrected chi connectivity index (χ4v) is 6.01. The minimum atomic E-state index is -0.726. The highest BCUT2D eigenvalue weighted by Crippen LogP contribution is 2.59. The first kappa shape index (κ1) is 24.5. The first-order valence-electron chi connectivity index (χ1n) is 11.8. The molecule has 1 saturated carbocycles. The summed E-state index contributed by atoms with van der Waals surface area (Å²) in [5, 5.41) is 7.76. The predicted molar refractivity (Wildman–Crippen MR) is 128 cm³/mol. The van der Waals surface area contributed by atoms with Crippen molar-refractivity contribution in [2.75, 3.05) is 26.3 Å². The summed E-state index contributed by atoms with van der Waals surface area (Å²) in [5.41, 5.74) is -0.521. The van der Waals surface area contributed by atoms with Crippen molar-refractivity contribution in [2.24, 2.45) is 38.8 Å². The molecule has 4 rings (SSSR count). The molecule has 182 valence electrons. The van der Waals surface area contributed by atoms with Crippen molar-refractivity contribution in [1.82, 2.24) is 4.90 Å². The van der Waals surface area contributed by atoms with Gasteiger partial charge in [-0.25, -0.2) is 8.78 Å². The van der Waals surface area contributed by atoms with Crippen molar-refractivity contribution < 1.29 is 18.3 Å². The molecule has 7 heteroatoms. The van der Waals surface area contributed by atoms with Gasteiger partial charge in [-0.05, 0) is 48.0 Å². The number of benzene rings is 1. The molecule has 0 bridgehead atoms. The van der Waals surface area contributed by atoms with E-state index in [-0.39, 0.29) is 23.1 Å². The molecule has 0 aromatic heterocycles. The summed E-state index contributed by atoms with van der Waals surface area (Å²) in [6.45, 7) is 16.9. The molecule has 3 unspecified atom stereocenters. The molecule has 2 heterocycles. The fraction of sp³-hybridized carbons (Fsp3) is 0.519. The number of nitrogens with zero attached hydrogens (tertiary/aromatic N) is 3. The van der Waals surface area contributed by atoms with E-state index in [0.29, 0.717) is 17.4 Å². The molecule has 0 spiro atoms. The first-order chi connectivity index (χ1) is 16.1. The topological polar surface area (TPSA) is 54.3 Å². The van der Waals surface area contributed by atoms with Gasteiger partial charge in [-0.2, -0.15) is 10.2 Å². The lowest BCUT2D eigenvalue weighted by Crippen LogP contribution is -2.48. The van der Waals surface area contributed by atoms with Crippen LogP contribution in [0.4, 0.5) is 8.78 Å². The summed E-state index contributed by atoms with van der Waals surface area (Å²) >= 11 is 0. The second-order valence-corrected chi connectivity index (χ2v) is 10.5. The van der Waals surface area contributed by atoms with Crippen molar-refractivity contribution >= 4 is 11.6 Å². The van der Waals surface area contributed by atoms with E-state index in [1.807, 2.05) is 11.8 Å². The van der Waals surface area contributed by atoms with Gasteiger partial charge in [0.15, 0.2) is 0 Å². The average Bonchev–Trinajstić information content (AvgIpc) is 3.44. The molecular formula is C27H33F2N3O2. The van der Waals surface area contributed by atoms with E-state index in [1.165, 1.54) is 24.4 Å². The lowest BCUT2D eigenvalue weighted by molar-refractivity contribution is -0.146. The number of hydrogen-bond acceptors (Lipinski definition) is 4. The molecule has 0 radical (unpaired) electrons. The number of fused-ring (bicyclic) bond motifs is 1. The van der Waals surface area contributed by atoms with E-state index in [4.69, 9.17) is 4.74 Å². The molecule has 2 aliphatic heterocycles. The number of azo groups is 1. The van der Waals surface area contributed by atoms with E-state index in [1.54, 1.807) is 6.08 Å². The smallest absolute Gasteiger partial charge is 0.229 e. The number of likely N-dealkylation sites (tertiary alicyclic amines) is 1. The van der Waals surface area contributed by atoms with Crippen molar-refractivity contribution in [1.29, 1.82) is 0 Å². The maximum Gasteiger partial charge on any atom is 0.229 e. The van der Waals surface area contributed by atoms with Gasteiger partial charge in [0.2, 0.25) is 5.91 Å². The fourth-order valence-electron chi connectivity index (χ4n) is 6.01. The Morgan fingerprint density at radius 2 is 1.79 bits per heavy atom. The largest absolute Gasteiger partial charge is 0.381 e. The number of rotatable bonds is 6. The Hall–Kier alpha value is -2.67. The quantitative estimate of drug-likeness (QED) is 0.379. The normalized spacial score (nSPS) is 30.7. The summed E-state index contributed by atoms with van der Waals surface area (Å²) in [6, 6.07) is 3.68. The molecule has 5 nitrogen and oxygen atoms in total. The number of carbonyl (C=O) groups is 1. The van der Waals surface area contributed by atoms with E-state index < -0.39 is 22.5 Å². The summed E-state index contributed by atoms with van der Waals surface area (Å²) < 4.78 is 34.6. The minimum absolute atomic E-state index is 0.0450. The first-order valence-corrected chi connectivity index (χ1v) is 11.8. The van der Waals surface area contributed by atoms with Crippen LogP contribution in [0.3, 0.4) is 0 Å². The molecule has 1 amide bonds. The summed E-state index contributed by atoms with van der Waals surface area (Å²) in [7, 11) is 0. The third-order valence-corrected chi connectivity index (χ3v) is 8.46. The number of ether oxygens (including phenoxy) is 1. The van der Waals surface area contributed by atoms with Gasteiger partial charge in [-0.1, -0.05) is 40.0 Å². The Labute approximate surface area is 200 Å². The molecule has 1 aromatic carbocycles. The van der Waals surface area contributed by atoms with Crippen LogP contribution in [0.15, 0.2) is 59.4 Å². The minimum Gasteiger partial charge on any atom is -0.381 e. The van der Waals surface area contributed by atoms with Crippen molar-refractivity contribution in [2.45, 2.75) is 33.6 Å². The summed E-state index contributed by atoms with van der Waals surface area (Å²) in [4.78, 5) is 15.8. The second-order valence-electron chi connectivity index (χ2n) is 10.5. The highest BCUT2D eigenvalue weighted by atomic mass is 19.1. The van der Waals surface area contributed by atoms with Gasteiger partial charge in [0.1, 0.15) is 11.6 Å². The SMILES string of the molecule is C=CN=N/C(=C\C(=C)C1CC[C@](C)(C(=O)N2CC3COCC3C2)C1(C)C)c1c(F)cccc1F. The van der Waals surface area contributed by atoms with Crippen LogP contribution in [0, 0.1) is 40.2 Å². The van der Waals surface area contributed by atoms with Crippen LogP contribution < -0.4 is 0 Å². The van der Waals surface area contributed by atoms with Crippen LogP contribution in [0.5, 0.6) is 0 Å². The highest BCUT2D eigenvalue weighted by Gasteiger charge is 2.58. The van der Waals surface area contributed by atoms with Crippen molar-refractivity contribution in [3.63, 3.8) is 0 Å². The molecule has 2 saturated heterocycles. The zero-order valence-corrected chi connectivity index (χ0v) is 20.2. The van der Waals surface area contributed by atoms with Crippen molar-refractivity contribution in [3.05, 3.63) is 66.4 Å². The number of amides is 1. The van der Waals surface area contributed by atoms with Crippen LogP contribution in [-0.2, 0) is 9.53 Å². The van der Waals surface area contributed by atoms with Gasteiger partial charge in [-0.15, -0.1) is 0 Å². The lowest BCUT2D eigenvalue weighted by Gasteiger charge is -2.43. The van der Waals surface area contributed by atoms with Gasteiger partial charge >= 0.3 is 0 Å². The van der Waals surface area contributed by atoms with Crippen LogP contribution in [0.1, 0.15) is 39.2 Å². The van der Waals surface area contributed by atoms with Gasteiger partial charge in [0, 0.05) is 31.1 Å². The lowest BCUT2D eigenvalue weighted by atomic mass is 9.63. The van der Waals surface area contributed by atoms with Crippen LogP contribution in [-0.4, -0.2) is 37.1 Å². The second kappa shape index (κ2) is 9.17. The van der Waals surface area contributed by atoms with Gasteiger partial charge in [-0.3, -0.25) is 4.79 Å². The maximum atomic E-state index is 14.5. The Morgan fingerprint density at radius 1 is 1.18 bits per heavy atom. The van der Waals surface area contributed by atoms with E-state index >= 15 is 0 Å². The Balaban J connectivity index is 1.60. The number of hydrogen-bond donors (Lipinski definition) is 0. The zero-order valence-electron chi connectivity index (χ0n) is 20.2. The third kappa shape index (κ3) is 4.04. The monoisotopic (exact) mass is 469 g/mol. The standard InChI is InChI=1S/C27H33F2N3O2/c1-6-30-31-23(24-21(28)8-7-9-22(24)29)12-17(2)20-10-11-27(5,26(20,3)4)25(33)32-13-18-15-34-16-19(18)14-32/h6-9,12,18-20H,1-2,10-11,13-16H2,3-5H3/b23-12-,31-30?/t18?,19?,20?,27-/m1/s1. The number of carbonyl (C=O) groups excluding carboxylic acids is 1. The van der Waals surface area contributed by atoms with Crippen LogP contribution in [0.2, 0.25) is 0 Å². The third-order valence-electron chi connectivity index (χ3n) is 8.46. The van der Waals surface area contributed by atoms with E-state index in [2.05, 4.69) is 37.2 Å². The zero-order chi connectivity index (χ0) is 24.7.